The predicted octanol–water partition coefficient (Wildman–Crippen LogP) is 3.44. The molecule has 1 aromatic heterocycles. The van der Waals surface area contributed by atoms with Crippen LogP contribution in [-0.2, 0) is 29.1 Å². The van der Waals surface area contributed by atoms with E-state index in [0.29, 0.717) is 4.90 Å². The number of sulfone groups is 1. The molecule has 0 radical (unpaired) electrons. The Balaban J connectivity index is 2.12. The van der Waals surface area contributed by atoms with Gasteiger partial charge in [0.05, 0.1) is 20.8 Å². The molecule has 21 heavy (non-hydrogen) atoms. The minimum atomic E-state index is -3.13. The van der Waals surface area contributed by atoms with Gasteiger partial charge in [0.25, 0.3) is 0 Å². The number of hydrogen-bond donors (Lipinski definition) is 0. The third-order valence-electron chi connectivity index (χ3n) is 3.13. The average molecular weight is 389 g/mol. The molecule has 4 nitrogen and oxygen atoms in total. The molecule has 0 N–H and O–H groups in total. The van der Waals surface area contributed by atoms with Crippen molar-refractivity contribution in [3.05, 3.63) is 40.1 Å². The van der Waals surface area contributed by atoms with Gasteiger partial charge < -0.3 is 0 Å². The summed E-state index contributed by atoms with van der Waals surface area (Å²) in [6.07, 6.45) is 2.11. The van der Waals surface area contributed by atoms with E-state index >= 15 is 0 Å². The van der Waals surface area contributed by atoms with Gasteiger partial charge in [0, 0.05) is 24.0 Å². The highest BCUT2D eigenvalue weighted by Gasteiger charge is 2.13. The first kappa shape index (κ1) is 16.6. The van der Waals surface area contributed by atoms with Crippen LogP contribution < -0.4 is 0 Å². The van der Waals surface area contributed by atoms with Crippen LogP contribution in [0.25, 0.3) is 0 Å². The Morgan fingerprint density at radius 2 is 1.90 bits per heavy atom. The van der Waals surface area contributed by atoms with Crippen LogP contribution in [0.2, 0.25) is 0 Å². The van der Waals surface area contributed by atoms with Crippen molar-refractivity contribution in [2.45, 2.75) is 28.9 Å². The zero-order chi connectivity index (χ0) is 15.6. The predicted molar refractivity (Wildman–Crippen MR) is 89.4 cm³/mol. The molecule has 2 aromatic rings. The van der Waals surface area contributed by atoms with Crippen LogP contribution in [0.3, 0.4) is 0 Å². The van der Waals surface area contributed by atoms with Crippen molar-refractivity contribution in [2.75, 3.05) is 6.26 Å². The van der Waals surface area contributed by atoms with Crippen LogP contribution in [0.5, 0.6) is 0 Å². The SMILES string of the molecule is CCc1nn(C)c(CSc2ccc(S(C)(=O)=O)cc2)c1Br. The molecule has 0 amide bonds. The van der Waals surface area contributed by atoms with Crippen LogP contribution >= 0.6 is 27.7 Å². The van der Waals surface area contributed by atoms with Gasteiger partial charge in [-0.1, -0.05) is 6.92 Å². The van der Waals surface area contributed by atoms with E-state index < -0.39 is 9.84 Å². The number of thioether (sulfide) groups is 1. The molecule has 0 atom stereocenters. The number of hydrogen-bond acceptors (Lipinski definition) is 4. The third-order valence-corrected chi connectivity index (χ3v) is 6.20. The summed E-state index contributed by atoms with van der Waals surface area (Å²) in [5, 5.41) is 4.46. The molecule has 0 unspecified atom stereocenters. The van der Waals surface area contributed by atoms with Crippen molar-refractivity contribution in [1.82, 2.24) is 9.78 Å². The second-order valence-corrected chi connectivity index (χ2v) is 8.57. The number of halogens is 1. The second kappa shape index (κ2) is 6.54. The van der Waals surface area contributed by atoms with Gasteiger partial charge in [0.1, 0.15) is 0 Å². The van der Waals surface area contributed by atoms with Crippen LogP contribution in [0.4, 0.5) is 0 Å². The first-order valence-corrected chi connectivity index (χ1v) is 10.1. The largest absolute Gasteiger partial charge is 0.270 e. The van der Waals surface area contributed by atoms with Gasteiger partial charge in [0.2, 0.25) is 0 Å². The van der Waals surface area contributed by atoms with E-state index in [-0.39, 0.29) is 0 Å². The fraction of sp³-hybridized carbons (Fsp3) is 0.357. The van der Waals surface area contributed by atoms with E-state index in [9.17, 15) is 8.42 Å². The van der Waals surface area contributed by atoms with E-state index in [2.05, 4.69) is 28.0 Å². The summed E-state index contributed by atoms with van der Waals surface area (Å²) in [6.45, 7) is 2.08. The fourth-order valence-corrected chi connectivity index (χ4v) is 4.45. The monoisotopic (exact) mass is 388 g/mol. The lowest BCUT2D eigenvalue weighted by Gasteiger charge is -2.04. The van der Waals surface area contributed by atoms with Crippen molar-refractivity contribution >= 4 is 37.5 Å². The van der Waals surface area contributed by atoms with Gasteiger partial charge in [-0.05, 0) is 46.6 Å². The first-order chi connectivity index (χ1) is 9.82. The number of rotatable bonds is 5. The van der Waals surface area contributed by atoms with E-state index in [1.54, 1.807) is 23.9 Å². The Labute approximate surface area is 138 Å². The number of nitrogens with zero attached hydrogens (tertiary/aromatic N) is 2. The highest BCUT2D eigenvalue weighted by atomic mass is 79.9. The molecule has 0 saturated carbocycles. The summed E-state index contributed by atoms with van der Waals surface area (Å²) < 4.78 is 25.8. The average Bonchev–Trinajstić information content (AvgIpc) is 2.70. The second-order valence-electron chi connectivity index (χ2n) is 4.72. The molecule has 1 aromatic carbocycles. The van der Waals surface area contributed by atoms with Gasteiger partial charge in [-0.15, -0.1) is 11.8 Å². The van der Waals surface area contributed by atoms with Crippen molar-refractivity contribution in [2.24, 2.45) is 7.05 Å². The van der Waals surface area contributed by atoms with Crippen molar-refractivity contribution in [3.8, 4) is 0 Å². The Morgan fingerprint density at radius 1 is 1.29 bits per heavy atom. The molecule has 0 spiro atoms. The van der Waals surface area contributed by atoms with E-state index in [1.807, 2.05) is 23.9 Å². The Hall–Kier alpha value is -0.790. The summed E-state index contributed by atoms with van der Waals surface area (Å²) >= 11 is 5.26. The topological polar surface area (TPSA) is 52.0 Å². The molecule has 0 aliphatic heterocycles. The van der Waals surface area contributed by atoms with E-state index in [1.165, 1.54) is 6.26 Å². The van der Waals surface area contributed by atoms with E-state index in [4.69, 9.17) is 0 Å². The van der Waals surface area contributed by atoms with Crippen LogP contribution in [0.15, 0.2) is 38.5 Å². The zero-order valence-corrected chi connectivity index (χ0v) is 15.3. The molecule has 0 saturated heterocycles. The molecule has 114 valence electrons. The minimum Gasteiger partial charge on any atom is -0.270 e. The summed E-state index contributed by atoms with van der Waals surface area (Å²) in [5.74, 6) is 0.780. The maximum atomic E-state index is 11.4. The van der Waals surface area contributed by atoms with Gasteiger partial charge in [-0.3, -0.25) is 4.68 Å². The summed E-state index contributed by atoms with van der Waals surface area (Å²) in [6, 6.07) is 6.97. The standard InChI is InChI=1S/C14H17BrN2O2S2/c1-4-12-14(15)13(17(2)16-12)9-20-10-5-7-11(8-6-10)21(3,18)19/h5-8H,4,9H2,1-3H3. The molecular weight excluding hydrogens is 372 g/mol. The molecule has 7 heteroatoms. The number of aromatic nitrogens is 2. The normalized spacial score (nSPS) is 11.8. The Bertz CT molecular complexity index is 737. The summed E-state index contributed by atoms with van der Waals surface area (Å²) in [4.78, 5) is 1.38. The van der Waals surface area contributed by atoms with Crippen molar-refractivity contribution in [3.63, 3.8) is 0 Å². The minimum absolute atomic E-state index is 0.349. The van der Waals surface area contributed by atoms with Crippen molar-refractivity contribution < 1.29 is 8.42 Å². The first-order valence-electron chi connectivity index (χ1n) is 6.46. The van der Waals surface area contributed by atoms with Crippen LogP contribution in [-0.4, -0.2) is 24.5 Å². The highest BCUT2D eigenvalue weighted by molar-refractivity contribution is 9.10. The van der Waals surface area contributed by atoms with Crippen molar-refractivity contribution in [1.29, 1.82) is 0 Å². The smallest absolute Gasteiger partial charge is 0.175 e. The lowest BCUT2D eigenvalue weighted by molar-refractivity contribution is 0.602. The molecule has 0 bridgehead atoms. The number of benzene rings is 1. The zero-order valence-electron chi connectivity index (χ0n) is 12.1. The van der Waals surface area contributed by atoms with Gasteiger partial charge in [-0.2, -0.15) is 5.10 Å². The molecule has 2 rings (SSSR count). The fourth-order valence-electron chi connectivity index (χ4n) is 1.91. The summed E-state index contributed by atoms with van der Waals surface area (Å²) in [7, 11) is -1.19. The Kier molecular flexibility index (Phi) is 5.16. The third kappa shape index (κ3) is 3.90. The quantitative estimate of drug-likeness (QED) is 0.736. The molecule has 0 aliphatic carbocycles. The molecule has 0 fully saturated rings. The molecular formula is C14H17BrN2O2S2. The molecule has 1 heterocycles. The highest BCUT2D eigenvalue weighted by Crippen LogP contribution is 2.29. The van der Waals surface area contributed by atoms with Gasteiger partial charge >= 0.3 is 0 Å². The maximum Gasteiger partial charge on any atom is 0.175 e. The number of aryl methyl sites for hydroxylation is 2. The Morgan fingerprint density at radius 3 is 2.38 bits per heavy atom. The summed E-state index contributed by atoms with van der Waals surface area (Å²) in [5.41, 5.74) is 2.18. The van der Waals surface area contributed by atoms with E-state index in [0.717, 1.165) is 32.9 Å². The lowest BCUT2D eigenvalue weighted by Crippen LogP contribution is -1.97. The van der Waals surface area contributed by atoms with Crippen LogP contribution in [0, 0.1) is 0 Å². The van der Waals surface area contributed by atoms with Gasteiger partial charge in [-0.25, -0.2) is 8.42 Å². The van der Waals surface area contributed by atoms with Gasteiger partial charge in [0.15, 0.2) is 9.84 Å². The lowest BCUT2D eigenvalue weighted by atomic mass is 10.3. The van der Waals surface area contributed by atoms with Crippen LogP contribution in [0.1, 0.15) is 18.3 Å². The maximum absolute atomic E-state index is 11.4. The molecule has 0 aliphatic rings.